The van der Waals surface area contributed by atoms with Crippen molar-refractivity contribution in [2.24, 2.45) is 0 Å². The Kier molecular flexibility index (Phi) is 4.80. The maximum Gasteiger partial charge on any atom is 0.273 e. The van der Waals surface area contributed by atoms with E-state index in [1.165, 1.54) is 16.9 Å². The predicted octanol–water partition coefficient (Wildman–Crippen LogP) is 3.47. The zero-order chi connectivity index (χ0) is 18.6. The Labute approximate surface area is 159 Å². The van der Waals surface area contributed by atoms with Gasteiger partial charge < -0.3 is 9.84 Å². The number of nitrogens with one attached hydrogen (secondary N) is 2. The number of aromatic nitrogens is 4. The largest absolute Gasteiger partial charge is 0.355 e. The number of rotatable bonds is 6. The molecule has 27 heavy (non-hydrogen) atoms. The van der Waals surface area contributed by atoms with Crippen LogP contribution in [0.3, 0.4) is 0 Å². The van der Waals surface area contributed by atoms with Gasteiger partial charge in [0, 0.05) is 24.6 Å². The average molecular weight is 379 g/mol. The number of aryl methyl sites for hydroxylation is 1. The van der Waals surface area contributed by atoms with Gasteiger partial charge in [-0.3, -0.25) is 9.89 Å². The molecule has 0 bridgehead atoms. The molecule has 1 aromatic carbocycles. The Bertz CT molecular complexity index is 1030. The van der Waals surface area contributed by atoms with Crippen LogP contribution in [0.2, 0.25) is 0 Å². The van der Waals surface area contributed by atoms with Gasteiger partial charge in [0.2, 0.25) is 0 Å². The molecule has 4 rings (SSSR count). The topological polar surface area (TPSA) is 96.7 Å². The molecule has 7 nitrogen and oxygen atoms in total. The van der Waals surface area contributed by atoms with Crippen LogP contribution in [0.5, 0.6) is 0 Å². The van der Waals surface area contributed by atoms with Crippen molar-refractivity contribution in [1.29, 1.82) is 0 Å². The van der Waals surface area contributed by atoms with Crippen LogP contribution in [0.4, 0.5) is 0 Å². The molecule has 0 saturated heterocycles. The molecule has 0 spiro atoms. The van der Waals surface area contributed by atoms with E-state index in [9.17, 15) is 4.79 Å². The first-order chi connectivity index (χ1) is 13.2. The molecule has 8 heteroatoms. The van der Waals surface area contributed by atoms with Crippen molar-refractivity contribution in [1.82, 2.24) is 25.7 Å². The van der Waals surface area contributed by atoms with Gasteiger partial charge in [-0.05, 0) is 18.4 Å². The van der Waals surface area contributed by atoms with Crippen molar-refractivity contribution in [3.05, 3.63) is 64.9 Å². The average Bonchev–Trinajstić information content (AvgIpc) is 3.43. The zero-order valence-corrected chi connectivity index (χ0v) is 15.4. The summed E-state index contributed by atoms with van der Waals surface area (Å²) in [6.45, 7) is 2.46. The first kappa shape index (κ1) is 17.2. The number of H-pyrrole nitrogens is 1. The predicted molar refractivity (Wildman–Crippen MR) is 102 cm³/mol. The molecule has 0 unspecified atom stereocenters. The van der Waals surface area contributed by atoms with Crippen molar-refractivity contribution in [2.45, 2.75) is 13.3 Å². The summed E-state index contributed by atoms with van der Waals surface area (Å²) in [4.78, 5) is 17.6. The van der Waals surface area contributed by atoms with Gasteiger partial charge in [-0.15, -0.1) is 11.3 Å². The maximum atomic E-state index is 12.2. The minimum absolute atomic E-state index is 0.260. The van der Waals surface area contributed by atoms with Crippen LogP contribution in [0.15, 0.2) is 52.4 Å². The molecule has 0 fully saturated rings. The fourth-order valence-corrected chi connectivity index (χ4v) is 3.21. The zero-order valence-electron chi connectivity index (χ0n) is 14.6. The number of aromatic amines is 1. The Hall–Kier alpha value is -3.26. The van der Waals surface area contributed by atoms with Gasteiger partial charge in [-0.2, -0.15) is 5.10 Å². The van der Waals surface area contributed by atoms with Crippen LogP contribution >= 0.6 is 11.3 Å². The van der Waals surface area contributed by atoms with E-state index in [0.717, 1.165) is 10.4 Å². The highest BCUT2D eigenvalue weighted by Gasteiger charge is 2.14. The normalized spacial score (nSPS) is 10.9. The van der Waals surface area contributed by atoms with E-state index in [0.29, 0.717) is 30.4 Å². The number of thiophene rings is 1. The highest BCUT2D eigenvalue weighted by atomic mass is 32.1. The number of hydrogen-bond acceptors (Lipinski definition) is 6. The van der Waals surface area contributed by atoms with E-state index in [4.69, 9.17) is 4.52 Å². The van der Waals surface area contributed by atoms with Crippen LogP contribution < -0.4 is 5.32 Å². The molecule has 0 aliphatic heterocycles. The van der Waals surface area contributed by atoms with E-state index in [1.807, 2.05) is 48.7 Å². The van der Waals surface area contributed by atoms with E-state index in [1.54, 1.807) is 6.07 Å². The lowest BCUT2D eigenvalue weighted by Gasteiger charge is -2.00. The second kappa shape index (κ2) is 7.55. The smallest absolute Gasteiger partial charge is 0.273 e. The molecule has 3 heterocycles. The van der Waals surface area contributed by atoms with E-state index in [2.05, 4.69) is 25.7 Å². The van der Waals surface area contributed by atoms with Crippen molar-refractivity contribution < 1.29 is 9.32 Å². The van der Waals surface area contributed by atoms with Gasteiger partial charge in [0.15, 0.2) is 17.3 Å². The summed E-state index contributed by atoms with van der Waals surface area (Å²) in [5.41, 5.74) is 2.40. The highest BCUT2D eigenvalue weighted by molar-refractivity contribution is 7.13. The minimum atomic E-state index is -0.278. The summed E-state index contributed by atoms with van der Waals surface area (Å²) in [6, 6.07) is 13.5. The van der Waals surface area contributed by atoms with Gasteiger partial charge in [0.1, 0.15) is 5.82 Å². The van der Waals surface area contributed by atoms with Crippen molar-refractivity contribution in [3.63, 3.8) is 0 Å². The fraction of sp³-hybridized carbons (Fsp3) is 0.158. The quantitative estimate of drug-likeness (QED) is 0.535. The summed E-state index contributed by atoms with van der Waals surface area (Å²) >= 11 is 1.53. The summed E-state index contributed by atoms with van der Waals surface area (Å²) < 4.78 is 5.23. The molecule has 0 saturated carbocycles. The van der Waals surface area contributed by atoms with Crippen LogP contribution in [0, 0.1) is 6.92 Å². The summed E-state index contributed by atoms with van der Waals surface area (Å²) in [5, 5.41) is 15.7. The summed E-state index contributed by atoms with van der Waals surface area (Å²) in [6.07, 6.45) is 0.542. The molecular weight excluding hydrogens is 362 g/mol. The molecule has 0 aliphatic carbocycles. The maximum absolute atomic E-state index is 12.2. The summed E-state index contributed by atoms with van der Waals surface area (Å²) in [7, 11) is 0. The number of hydrogen-bond donors (Lipinski definition) is 2. The Morgan fingerprint density at radius 2 is 2.11 bits per heavy atom. The monoisotopic (exact) mass is 379 g/mol. The molecule has 0 atom stereocenters. The van der Waals surface area contributed by atoms with Crippen LogP contribution in [-0.2, 0) is 6.42 Å². The lowest BCUT2D eigenvalue weighted by atomic mass is 10.1. The van der Waals surface area contributed by atoms with Crippen molar-refractivity contribution >= 4 is 17.2 Å². The number of nitrogens with zero attached hydrogens (tertiary/aromatic N) is 3. The van der Waals surface area contributed by atoms with Crippen molar-refractivity contribution in [3.8, 4) is 22.0 Å². The molecule has 4 aromatic rings. The first-order valence-electron chi connectivity index (χ1n) is 8.46. The second-order valence-corrected chi connectivity index (χ2v) is 6.98. The minimum Gasteiger partial charge on any atom is -0.355 e. The standard InChI is InChI=1S/C19H17N5O2S/c1-12-4-6-13(7-5-12)18-21-17(22-23-18)8-9-20-19(25)14-11-15(26-24-14)16-3-2-10-27-16/h2-7,10-11H,8-9H2,1H3,(H,20,25)(H,21,22,23). The summed E-state index contributed by atoms with van der Waals surface area (Å²) in [5.74, 6) is 1.67. The Morgan fingerprint density at radius 1 is 1.26 bits per heavy atom. The Morgan fingerprint density at radius 3 is 2.89 bits per heavy atom. The lowest BCUT2D eigenvalue weighted by molar-refractivity contribution is 0.0945. The lowest BCUT2D eigenvalue weighted by Crippen LogP contribution is -2.26. The Balaban J connectivity index is 1.32. The van der Waals surface area contributed by atoms with E-state index < -0.39 is 0 Å². The molecule has 2 N–H and O–H groups in total. The number of carbonyl (C=O) groups excluding carboxylic acids is 1. The van der Waals surface area contributed by atoms with Gasteiger partial charge in [-0.25, -0.2) is 4.98 Å². The number of carbonyl (C=O) groups is 1. The number of benzene rings is 1. The van der Waals surface area contributed by atoms with E-state index in [-0.39, 0.29) is 11.6 Å². The third-order valence-electron chi connectivity index (χ3n) is 4.00. The van der Waals surface area contributed by atoms with Crippen LogP contribution in [-0.4, -0.2) is 32.8 Å². The van der Waals surface area contributed by atoms with Crippen LogP contribution in [0.1, 0.15) is 21.9 Å². The molecule has 3 aromatic heterocycles. The third kappa shape index (κ3) is 3.95. The molecule has 136 valence electrons. The van der Waals surface area contributed by atoms with Crippen molar-refractivity contribution in [2.75, 3.05) is 6.54 Å². The molecular formula is C19H17N5O2S. The fourth-order valence-electron chi connectivity index (χ4n) is 2.54. The van der Waals surface area contributed by atoms with Gasteiger partial charge in [-0.1, -0.05) is 41.1 Å². The van der Waals surface area contributed by atoms with Gasteiger partial charge >= 0.3 is 0 Å². The second-order valence-electron chi connectivity index (χ2n) is 6.03. The molecule has 0 aliphatic rings. The SMILES string of the molecule is Cc1ccc(-c2n[nH]c(CCNC(=O)c3cc(-c4cccs4)on3)n2)cc1. The van der Waals surface area contributed by atoms with Gasteiger partial charge in [0.25, 0.3) is 5.91 Å². The van der Waals surface area contributed by atoms with Crippen LogP contribution in [0.25, 0.3) is 22.0 Å². The highest BCUT2D eigenvalue weighted by Crippen LogP contribution is 2.25. The van der Waals surface area contributed by atoms with Gasteiger partial charge in [0.05, 0.1) is 4.88 Å². The number of amides is 1. The molecule has 0 radical (unpaired) electrons. The third-order valence-corrected chi connectivity index (χ3v) is 4.88. The first-order valence-corrected chi connectivity index (χ1v) is 9.34. The van der Waals surface area contributed by atoms with E-state index >= 15 is 0 Å². The molecule has 1 amide bonds.